The van der Waals surface area contributed by atoms with Gasteiger partial charge in [0.25, 0.3) is 0 Å². The molecule has 2 heterocycles. The first-order chi connectivity index (χ1) is 19.3. The Labute approximate surface area is 241 Å². The van der Waals surface area contributed by atoms with Gasteiger partial charge in [0.1, 0.15) is 29.3 Å². The van der Waals surface area contributed by atoms with Crippen LogP contribution in [0.3, 0.4) is 0 Å². The number of nitrogens with zero attached hydrogens (tertiary/aromatic N) is 4. The maximum Gasteiger partial charge on any atom is 0.326 e. The molecule has 14 heteroatoms. The molecule has 0 saturated heterocycles. The summed E-state index contributed by atoms with van der Waals surface area (Å²) < 4.78 is 33.3. The number of nitrogen functional groups attached to an aromatic ring is 1. The van der Waals surface area contributed by atoms with Gasteiger partial charge in [0, 0.05) is 0 Å². The molecule has 0 bridgehead atoms. The van der Waals surface area contributed by atoms with Gasteiger partial charge in [-0.15, -0.1) is 0 Å². The molecule has 0 aliphatic heterocycles. The predicted molar refractivity (Wildman–Crippen MR) is 154 cm³/mol. The molecule has 13 nitrogen and oxygen atoms in total. The summed E-state index contributed by atoms with van der Waals surface area (Å²) in [4.78, 5) is 38.5. The highest BCUT2D eigenvalue weighted by molar-refractivity contribution is 7.59. The number of hydrogen-bond acceptors (Lipinski definition) is 10. The molecular formula is C27H44N7O6P. The molecule has 4 rings (SSSR count). The first-order valence-electron chi connectivity index (χ1n) is 14.3. The standard InChI is InChI=1S/C27H44N7O6P/c1-18(12-34-16-31-21-22(28)29-15-30-23(21)34)40-17-41(37,32-26(2,3)24(35)38-13-19-8-6-9-19)33-27(4,5)25(36)39-14-20-10-7-11-20/h15-16,18-20H,6-14,17H2,1-5H3,(H2,28,29,30)(H2,32,33,37)/t18-/m1/s1. The first kappa shape index (κ1) is 31.3. The molecule has 2 aromatic rings. The fraction of sp³-hybridized carbons (Fsp3) is 0.741. The first-order valence-corrected chi connectivity index (χ1v) is 16.2. The Morgan fingerprint density at radius 3 is 2.02 bits per heavy atom. The fourth-order valence-electron chi connectivity index (χ4n) is 4.75. The van der Waals surface area contributed by atoms with E-state index in [2.05, 4.69) is 25.1 Å². The van der Waals surface area contributed by atoms with Crippen molar-refractivity contribution in [1.82, 2.24) is 29.7 Å². The summed E-state index contributed by atoms with van der Waals surface area (Å²) >= 11 is 0. The number of nitrogens with one attached hydrogen (secondary N) is 2. The molecule has 2 saturated carbocycles. The highest BCUT2D eigenvalue weighted by atomic mass is 31.2. The van der Waals surface area contributed by atoms with Gasteiger partial charge in [-0.25, -0.2) is 25.1 Å². The SMILES string of the molecule is C[C@H](Cn1cnc2c(N)ncnc21)OCP(=O)(NC(C)(C)C(=O)OCC1CCC1)NC(C)(C)C(=O)OCC1CCC1. The number of carbonyl (C=O) groups excluding carboxylic acids is 2. The molecular weight excluding hydrogens is 549 g/mol. The topological polar surface area (TPSA) is 173 Å². The zero-order valence-electron chi connectivity index (χ0n) is 24.7. The van der Waals surface area contributed by atoms with Crippen LogP contribution in [0.25, 0.3) is 11.2 Å². The van der Waals surface area contributed by atoms with Crippen LogP contribution in [0.1, 0.15) is 73.1 Å². The summed E-state index contributed by atoms with van der Waals surface area (Å²) in [5.41, 5.74) is 4.29. The molecule has 0 aromatic carbocycles. The van der Waals surface area contributed by atoms with Crippen LogP contribution in [0.4, 0.5) is 5.82 Å². The molecule has 2 fully saturated rings. The molecule has 4 N–H and O–H groups in total. The van der Waals surface area contributed by atoms with Crippen LogP contribution in [-0.2, 0) is 34.9 Å². The average molecular weight is 594 g/mol. The van der Waals surface area contributed by atoms with Crippen molar-refractivity contribution < 1.29 is 28.4 Å². The summed E-state index contributed by atoms with van der Waals surface area (Å²) in [6, 6.07) is 0. The van der Waals surface area contributed by atoms with E-state index in [4.69, 9.17) is 19.9 Å². The van der Waals surface area contributed by atoms with Crippen LogP contribution < -0.4 is 15.9 Å². The number of carbonyl (C=O) groups is 2. The average Bonchev–Trinajstić information content (AvgIpc) is 3.24. The number of hydrogen-bond donors (Lipinski definition) is 3. The lowest BCUT2D eigenvalue weighted by Crippen LogP contribution is -2.54. The molecule has 2 aliphatic rings. The van der Waals surface area contributed by atoms with Crippen molar-refractivity contribution in [2.45, 2.75) is 96.9 Å². The maximum atomic E-state index is 14.4. The zero-order valence-corrected chi connectivity index (χ0v) is 25.6. The number of nitrogens with two attached hydrogens (primary N) is 1. The second-order valence-electron chi connectivity index (χ2n) is 12.4. The van der Waals surface area contributed by atoms with Gasteiger partial charge in [0.2, 0.25) is 7.44 Å². The molecule has 0 amide bonds. The number of esters is 2. The summed E-state index contributed by atoms with van der Waals surface area (Å²) in [6.07, 6.45) is 8.63. The van der Waals surface area contributed by atoms with Crippen molar-refractivity contribution in [1.29, 1.82) is 0 Å². The molecule has 41 heavy (non-hydrogen) atoms. The Balaban J connectivity index is 1.44. The second-order valence-corrected chi connectivity index (χ2v) is 14.6. The number of imidazole rings is 1. The van der Waals surface area contributed by atoms with E-state index in [1.54, 1.807) is 38.6 Å². The normalized spacial score (nSPS) is 17.6. The fourth-order valence-corrected chi connectivity index (χ4v) is 7.39. The van der Waals surface area contributed by atoms with Crippen LogP contribution in [-0.4, -0.2) is 68.2 Å². The molecule has 0 unspecified atom stereocenters. The summed E-state index contributed by atoms with van der Waals surface area (Å²) in [6.45, 7) is 9.26. The Bertz CT molecular complexity index is 1230. The number of anilines is 1. The van der Waals surface area contributed by atoms with Gasteiger partial charge in [-0.1, -0.05) is 12.8 Å². The van der Waals surface area contributed by atoms with E-state index < -0.39 is 36.6 Å². The number of aromatic nitrogens is 4. The summed E-state index contributed by atoms with van der Waals surface area (Å²) in [5, 5.41) is 5.92. The quantitative estimate of drug-likeness (QED) is 0.203. The van der Waals surface area contributed by atoms with Crippen LogP contribution in [0.5, 0.6) is 0 Å². The van der Waals surface area contributed by atoms with Gasteiger partial charge in [-0.3, -0.25) is 14.2 Å². The van der Waals surface area contributed by atoms with Crippen molar-refractivity contribution in [2.24, 2.45) is 11.8 Å². The predicted octanol–water partition coefficient (Wildman–Crippen LogP) is 3.39. The number of ether oxygens (including phenoxy) is 3. The van der Waals surface area contributed by atoms with E-state index in [-0.39, 0.29) is 12.2 Å². The minimum absolute atomic E-state index is 0.276. The third kappa shape index (κ3) is 8.03. The lowest BCUT2D eigenvalue weighted by molar-refractivity contribution is -0.152. The van der Waals surface area contributed by atoms with Crippen molar-refractivity contribution in [2.75, 3.05) is 25.3 Å². The monoisotopic (exact) mass is 593 g/mol. The van der Waals surface area contributed by atoms with E-state index in [9.17, 15) is 14.2 Å². The van der Waals surface area contributed by atoms with E-state index >= 15 is 0 Å². The Kier molecular flexibility index (Phi) is 9.73. The van der Waals surface area contributed by atoms with Crippen LogP contribution in [0.15, 0.2) is 12.7 Å². The van der Waals surface area contributed by atoms with E-state index in [0.717, 1.165) is 38.5 Å². The third-order valence-corrected chi connectivity index (χ3v) is 10.1. The minimum atomic E-state index is -3.75. The van der Waals surface area contributed by atoms with E-state index in [1.165, 1.54) is 6.33 Å². The van der Waals surface area contributed by atoms with Gasteiger partial charge in [0.05, 0.1) is 32.2 Å². The van der Waals surface area contributed by atoms with E-state index in [0.29, 0.717) is 42.8 Å². The van der Waals surface area contributed by atoms with Crippen molar-refractivity contribution >= 4 is 36.4 Å². The Morgan fingerprint density at radius 2 is 1.54 bits per heavy atom. The molecule has 0 radical (unpaired) electrons. The lowest BCUT2D eigenvalue weighted by atomic mass is 9.86. The summed E-state index contributed by atoms with van der Waals surface area (Å²) in [7, 11) is -3.75. The van der Waals surface area contributed by atoms with Crippen molar-refractivity contribution in [3.05, 3.63) is 12.7 Å². The molecule has 1 atom stereocenters. The molecule has 2 aliphatic carbocycles. The van der Waals surface area contributed by atoms with Crippen LogP contribution in [0, 0.1) is 11.8 Å². The van der Waals surface area contributed by atoms with Crippen molar-refractivity contribution in [3.63, 3.8) is 0 Å². The van der Waals surface area contributed by atoms with Crippen LogP contribution in [0.2, 0.25) is 0 Å². The highest BCUT2D eigenvalue weighted by Gasteiger charge is 2.43. The highest BCUT2D eigenvalue weighted by Crippen LogP contribution is 2.42. The molecule has 0 spiro atoms. The van der Waals surface area contributed by atoms with Gasteiger partial charge in [-0.05, 0) is 72.1 Å². The van der Waals surface area contributed by atoms with Crippen molar-refractivity contribution in [3.8, 4) is 0 Å². The zero-order chi connectivity index (χ0) is 29.8. The minimum Gasteiger partial charge on any atom is -0.464 e. The Morgan fingerprint density at radius 1 is 1.00 bits per heavy atom. The largest absolute Gasteiger partial charge is 0.464 e. The van der Waals surface area contributed by atoms with Crippen LogP contribution >= 0.6 is 7.44 Å². The number of rotatable bonds is 15. The smallest absolute Gasteiger partial charge is 0.326 e. The number of fused-ring (bicyclic) bond motifs is 1. The summed E-state index contributed by atoms with van der Waals surface area (Å²) in [5.74, 6) is -0.0294. The third-order valence-electron chi connectivity index (χ3n) is 7.71. The lowest BCUT2D eigenvalue weighted by Gasteiger charge is -2.36. The molecule has 228 valence electrons. The Hall–Kier alpha value is -2.60. The van der Waals surface area contributed by atoms with Gasteiger partial charge < -0.3 is 24.5 Å². The van der Waals surface area contributed by atoms with E-state index in [1.807, 2.05) is 6.92 Å². The van der Waals surface area contributed by atoms with Gasteiger partial charge in [0.15, 0.2) is 11.5 Å². The van der Waals surface area contributed by atoms with Gasteiger partial charge >= 0.3 is 11.9 Å². The maximum absolute atomic E-state index is 14.4. The van der Waals surface area contributed by atoms with Gasteiger partial charge in [-0.2, -0.15) is 0 Å². The molecule has 2 aromatic heterocycles. The second kappa shape index (κ2) is 12.7.